The molecular weight excluding hydrogens is 252 g/mol. The zero-order valence-electron chi connectivity index (χ0n) is 12.5. The molecule has 0 spiro atoms. The number of hydrazine groups is 1. The van der Waals surface area contributed by atoms with E-state index < -0.39 is 0 Å². The van der Waals surface area contributed by atoms with Crippen molar-refractivity contribution in [3.8, 4) is 5.75 Å². The highest BCUT2D eigenvalue weighted by Crippen LogP contribution is 2.31. The largest absolute Gasteiger partial charge is 0.508 e. The van der Waals surface area contributed by atoms with Gasteiger partial charge in [-0.25, -0.2) is 5.84 Å². The van der Waals surface area contributed by atoms with Gasteiger partial charge in [0.2, 0.25) is 5.91 Å². The summed E-state index contributed by atoms with van der Waals surface area (Å²) >= 11 is 0. The van der Waals surface area contributed by atoms with Gasteiger partial charge in [0.1, 0.15) is 5.75 Å². The third-order valence-corrected chi connectivity index (χ3v) is 3.14. The fourth-order valence-corrected chi connectivity index (χ4v) is 1.98. The van der Waals surface area contributed by atoms with E-state index in [0.29, 0.717) is 25.1 Å². The van der Waals surface area contributed by atoms with Gasteiger partial charge in [-0.15, -0.1) is 6.58 Å². The Morgan fingerprint density at radius 1 is 1.45 bits per heavy atom. The summed E-state index contributed by atoms with van der Waals surface area (Å²) in [7, 11) is 0. The van der Waals surface area contributed by atoms with Crippen LogP contribution in [0.5, 0.6) is 5.75 Å². The van der Waals surface area contributed by atoms with E-state index in [4.69, 9.17) is 5.84 Å². The van der Waals surface area contributed by atoms with Crippen LogP contribution in [-0.2, 0) is 16.6 Å². The lowest BCUT2D eigenvalue weighted by molar-refractivity contribution is -0.130. The Kier molecular flexibility index (Phi) is 5.34. The van der Waals surface area contributed by atoms with Crippen molar-refractivity contribution in [2.75, 3.05) is 6.54 Å². The second-order valence-corrected chi connectivity index (χ2v) is 5.94. The highest BCUT2D eigenvalue weighted by Gasteiger charge is 2.18. The van der Waals surface area contributed by atoms with Gasteiger partial charge in [0.15, 0.2) is 0 Å². The third kappa shape index (κ3) is 4.38. The number of aromatic hydroxyl groups is 1. The molecule has 0 radical (unpaired) electrons. The van der Waals surface area contributed by atoms with Gasteiger partial charge in [-0.2, -0.15) is 0 Å². The van der Waals surface area contributed by atoms with Crippen molar-refractivity contribution in [1.29, 1.82) is 0 Å². The van der Waals surface area contributed by atoms with E-state index in [0.717, 1.165) is 16.1 Å². The monoisotopic (exact) mass is 276 g/mol. The van der Waals surface area contributed by atoms with E-state index in [1.54, 1.807) is 12.1 Å². The van der Waals surface area contributed by atoms with Crippen LogP contribution in [0.1, 0.15) is 38.3 Å². The van der Waals surface area contributed by atoms with E-state index in [1.807, 2.05) is 32.9 Å². The van der Waals surface area contributed by atoms with E-state index in [2.05, 4.69) is 6.58 Å². The van der Waals surface area contributed by atoms with Crippen molar-refractivity contribution in [3.05, 3.63) is 42.0 Å². The van der Waals surface area contributed by atoms with Gasteiger partial charge in [-0.05, 0) is 29.0 Å². The van der Waals surface area contributed by atoms with Crippen molar-refractivity contribution in [2.45, 2.75) is 39.0 Å². The first-order valence-electron chi connectivity index (χ1n) is 6.74. The first kappa shape index (κ1) is 16.2. The first-order valence-corrected chi connectivity index (χ1v) is 6.74. The SMILES string of the molecule is C=CCN(N)C(=O)CCc1ccc(O)c(C(C)(C)C)c1. The Morgan fingerprint density at radius 3 is 2.65 bits per heavy atom. The van der Waals surface area contributed by atoms with Gasteiger partial charge in [-0.1, -0.05) is 39.0 Å². The molecule has 4 heteroatoms. The van der Waals surface area contributed by atoms with Gasteiger partial charge in [0, 0.05) is 6.42 Å². The van der Waals surface area contributed by atoms with Crippen LogP contribution in [0.15, 0.2) is 30.9 Å². The van der Waals surface area contributed by atoms with Gasteiger partial charge in [0.25, 0.3) is 0 Å². The summed E-state index contributed by atoms with van der Waals surface area (Å²) in [6.07, 6.45) is 2.54. The molecule has 1 aromatic rings. The second kappa shape index (κ2) is 6.57. The minimum Gasteiger partial charge on any atom is -0.508 e. The molecule has 0 heterocycles. The topological polar surface area (TPSA) is 66.6 Å². The number of nitrogens with two attached hydrogens (primary N) is 1. The number of hydrogen-bond acceptors (Lipinski definition) is 3. The molecule has 0 bridgehead atoms. The molecule has 1 amide bonds. The molecule has 0 saturated carbocycles. The fraction of sp³-hybridized carbons (Fsp3) is 0.438. The summed E-state index contributed by atoms with van der Waals surface area (Å²) in [6, 6.07) is 5.48. The molecule has 1 aromatic carbocycles. The lowest BCUT2D eigenvalue weighted by Gasteiger charge is -2.21. The maximum Gasteiger partial charge on any atom is 0.237 e. The number of phenolic OH excluding ortho intramolecular Hbond substituents is 1. The van der Waals surface area contributed by atoms with Crippen LogP contribution < -0.4 is 5.84 Å². The lowest BCUT2D eigenvalue weighted by Crippen LogP contribution is -2.37. The Labute approximate surface area is 120 Å². The Hall–Kier alpha value is -1.81. The lowest BCUT2D eigenvalue weighted by atomic mass is 9.85. The maximum absolute atomic E-state index is 11.8. The molecular formula is C16H24N2O2. The maximum atomic E-state index is 11.8. The van der Waals surface area contributed by atoms with Crippen LogP contribution >= 0.6 is 0 Å². The van der Waals surface area contributed by atoms with E-state index in [1.165, 1.54) is 0 Å². The molecule has 4 nitrogen and oxygen atoms in total. The molecule has 0 aliphatic rings. The summed E-state index contributed by atoms with van der Waals surface area (Å²) < 4.78 is 0. The Balaban J connectivity index is 2.75. The standard InChI is InChI=1S/C16H24N2O2/c1-5-10-18(17)15(20)9-7-12-6-8-14(19)13(11-12)16(2,3)4/h5-6,8,11,19H,1,7,9-10,17H2,2-4H3. The van der Waals surface area contributed by atoms with Crippen LogP contribution in [0.3, 0.4) is 0 Å². The van der Waals surface area contributed by atoms with Crippen molar-refractivity contribution < 1.29 is 9.90 Å². The first-order chi connectivity index (χ1) is 9.25. The zero-order chi connectivity index (χ0) is 15.3. The zero-order valence-corrected chi connectivity index (χ0v) is 12.5. The molecule has 0 aromatic heterocycles. The predicted molar refractivity (Wildman–Crippen MR) is 81.2 cm³/mol. The summed E-state index contributed by atoms with van der Waals surface area (Å²) in [4.78, 5) is 11.8. The van der Waals surface area contributed by atoms with Crippen LogP contribution in [0, 0.1) is 0 Å². The van der Waals surface area contributed by atoms with Crippen molar-refractivity contribution in [3.63, 3.8) is 0 Å². The number of rotatable bonds is 5. The summed E-state index contributed by atoms with van der Waals surface area (Å²) in [5.41, 5.74) is 1.78. The van der Waals surface area contributed by atoms with Crippen molar-refractivity contribution in [1.82, 2.24) is 5.01 Å². The molecule has 110 valence electrons. The van der Waals surface area contributed by atoms with Crippen LogP contribution in [-0.4, -0.2) is 22.6 Å². The van der Waals surface area contributed by atoms with E-state index in [-0.39, 0.29) is 11.3 Å². The molecule has 0 aliphatic carbocycles. The van der Waals surface area contributed by atoms with Gasteiger partial charge in [-0.3, -0.25) is 9.80 Å². The van der Waals surface area contributed by atoms with Crippen molar-refractivity contribution >= 4 is 5.91 Å². The number of hydrogen-bond donors (Lipinski definition) is 2. The summed E-state index contributed by atoms with van der Waals surface area (Å²) in [5.74, 6) is 5.76. The molecule has 1 rings (SSSR count). The predicted octanol–water partition coefficient (Wildman–Crippen LogP) is 2.51. The van der Waals surface area contributed by atoms with Crippen LogP contribution in [0.2, 0.25) is 0 Å². The highest BCUT2D eigenvalue weighted by atomic mass is 16.3. The average Bonchev–Trinajstić information content (AvgIpc) is 2.36. The molecule has 0 atom stereocenters. The molecule has 3 N–H and O–H groups in total. The fourth-order valence-electron chi connectivity index (χ4n) is 1.98. The number of carbonyl (C=O) groups is 1. The van der Waals surface area contributed by atoms with Crippen LogP contribution in [0.25, 0.3) is 0 Å². The molecule has 0 unspecified atom stereocenters. The third-order valence-electron chi connectivity index (χ3n) is 3.14. The average molecular weight is 276 g/mol. The Morgan fingerprint density at radius 2 is 2.10 bits per heavy atom. The normalized spacial score (nSPS) is 11.2. The Bertz CT molecular complexity index is 490. The quantitative estimate of drug-likeness (QED) is 0.376. The van der Waals surface area contributed by atoms with Gasteiger partial charge < -0.3 is 5.11 Å². The molecule has 0 aliphatic heterocycles. The number of amides is 1. The molecule has 20 heavy (non-hydrogen) atoms. The second-order valence-electron chi connectivity index (χ2n) is 5.94. The van der Waals surface area contributed by atoms with E-state index in [9.17, 15) is 9.90 Å². The minimum atomic E-state index is -0.132. The number of benzene rings is 1. The highest BCUT2D eigenvalue weighted by molar-refractivity contribution is 5.75. The summed E-state index contributed by atoms with van der Waals surface area (Å²) in [5, 5.41) is 11.1. The van der Waals surface area contributed by atoms with Crippen molar-refractivity contribution in [2.24, 2.45) is 5.84 Å². The number of nitrogens with zero attached hydrogens (tertiary/aromatic N) is 1. The number of aryl methyl sites for hydroxylation is 1. The molecule has 0 saturated heterocycles. The summed E-state index contributed by atoms with van der Waals surface area (Å²) in [6.45, 7) is 10.0. The van der Waals surface area contributed by atoms with Gasteiger partial charge >= 0.3 is 0 Å². The number of phenols is 1. The van der Waals surface area contributed by atoms with Gasteiger partial charge in [0.05, 0.1) is 6.54 Å². The van der Waals surface area contributed by atoms with E-state index >= 15 is 0 Å². The smallest absolute Gasteiger partial charge is 0.237 e. The molecule has 0 fully saturated rings. The number of carbonyl (C=O) groups excluding carboxylic acids is 1. The minimum absolute atomic E-state index is 0.115. The van der Waals surface area contributed by atoms with Crippen LogP contribution in [0.4, 0.5) is 0 Å².